The molecule has 0 aliphatic rings. The average Bonchev–Trinajstić information content (AvgIpc) is 2.99. The maximum absolute atomic E-state index is 12.1. The number of thiol groups is 1. The normalized spacial score (nSPS) is 14.6. The van der Waals surface area contributed by atoms with Gasteiger partial charge in [0.2, 0.25) is 8.32 Å². The van der Waals surface area contributed by atoms with Gasteiger partial charge in [-0.25, -0.2) is 0 Å². The van der Waals surface area contributed by atoms with Gasteiger partial charge in [0, 0.05) is 36.4 Å². The van der Waals surface area contributed by atoms with Gasteiger partial charge in [0.05, 0.1) is 17.5 Å². The van der Waals surface area contributed by atoms with E-state index in [1.54, 1.807) is 26.8 Å². The summed E-state index contributed by atoms with van der Waals surface area (Å²) >= 11 is 17.8. The van der Waals surface area contributed by atoms with Gasteiger partial charge < -0.3 is 13.4 Å². The van der Waals surface area contributed by atoms with Crippen LogP contribution in [0.25, 0.3) is 0 Å². The molecule has 4 atom stereocenters. The third kappa shape index (κ3) is 27.7. The van der Waals surface area contributed by atoms with E-state index in [2.05, 4.69) is 91.6 Å². The predicted octanol–water partition coefficient (Wildman–Crippen LogP) is 11.5. The Balaban J connectivity index is -0.000000345. The van der Waals surface area contributed by atoms with Crippen LogP contribution in [0.3, 0.4) is 0 Å². The van der Waals surface area contributed by atoms with E-state index in [0.29, 0.717) is 23.5 Å². The number of Topliss-reactive ketones (excluding diaryl/α,β-unsaturated/α-hetero) is 2. The van der Waals surface area contributed by atoms with Gasteiger partial charge >= 0.3 is 40.4 Å². The van der Waals surface area contributed by atoms with Crippen LogP contribution in [0.15, 0.2) is 29.6 Å². The maximum atomic E-state index is 12.1. The number of ketones is 2. The molecule has 0 rings (SSSR count). The summed E-state index contributed by atoms with van der Waals surface area (Å²) in [4.78, 5) is 22.7. The second-order valence-electron chi connectivity index (χ2n) is 15.8. The molecular formula is C35H67BBrCl2F3NO7S2Si2. The van der Waals surface area contributed by atoms with E-state index in [-0.39, 0.29) is 41.0 Å². The Morgan fingerprint density at radius 3 is 1.57 bits per heavy atom. The van der Waals surface area contributed by atoms with Crippen molar-refractivity contribution in [1.82, 2.24) is 0 Å². The van der Waals surface area contributed by atoms with Crippen molar-refractivity contribution >= 4 is 97.9 Å². The molecule has 0 aromatic carbocycles. The Morgan fingerprint density at radius 2 is 1.28 bits per heavy atom. The van der Waals surface area contributed by atoms with E-state index in [4.69, 9.17) is 27.6 Å². The monoisotopic (exact) mass is 950 g/mol. The molecule has 1 N–H and O–H groups in total. The Bertz CT molecular complexity index is 1210. The van der Waals surface area contributed by atoms with Gasteiger partial charge in [-0.3, -0.25) is 9.59 Å². The van der Waals surface area contributed by atoms with Gasteiger partial charge in [-0.1, -0.05) is 82.5 Å². The average molecular weight is 953 g/mol. The van der Waals surface area contributed by atoms with Crippen molar-refractivity contribution in [3.8, 4) is 0 Å². The van der Waals surface area contributed by atoms with Crippen LogP contribution in [0.2, 0.25) is 36.3 Å². The van der Waals surface area contributed by atoms with Crippen LogP contribution in [0.1, 0.15) is 99.8 Å². The molecule has 0 unspecified atom stereocenters. The van der Waals surface area contributed by atoms with Crippen LogP contribution in [0.4, 0.5) is 13.2 Å². The van der Waals surface area contributed by atoms with Gasteiger partial charge in [-0.2, -0.15) is 21.6 Å². The number of nitrogens with zero attached hydrogens (tertiary/aromatic N) is 1. The number of hydrogen-bond donors (Lipinski definition) is 2. The minimum absolute atomic E-state index is 0.0155. The van der Waals surface area contributed by atoms with Gasteiger partial charge in [-0.05, 0) is 68.9 Å². The van der Waals surface area contributed by atoms with Crippen molar-refractivity contribution in [2.45, 2.75) is 154 Å². The molecule has 319 valence electrons. The zero-order valence-corrected chi connectivity index (χ0v) is 41.0. The number of rotatable bonds is 21. The quantitative estimate of drug-likeness (QED) is 0.0294. The fourth-order valence-electron chi connectivity index (χ4n) is 3.88. The number of halogens is 6. The van der Waals surface area contributed by atoms with E-state index in [0.717, 1.165) is 38.5 Å². The minimum atomic E-state index is -5.48. The summed E-state index contributed by atoms with van der Waals surface area (Å²) in [6, 6.07) is 0. The fraction of sp³-hybridized carbons (Fsp3) is 0.829. The summed E-state index contributed by atoms with van der Waals surface area (Å²) in [5, 5.41) is 9.58. The third-order valence-electron chi connectivity index (χ3n) is 9.15. The van der Waals surface area contributed by atoms with E-state index in [9.17, 15) is 36.3 Å². The van der Waals surface area contributed by atoms with Gasteiger partial charge in [0.15, 0.2) is 8.32 Å². The Morgan fingerprint density at radius 1 is 0.889 bits per heavy atom. The van der Waals surface area contributed by atoms with Crippen molar-refractivity contribution in [1.29, 1.82) is 0 Å². The van der Waals surface area contributed by atoms with Gasteiger partial charge in [0.25, 0.3) is 0 Å². The van der Waals surface area contributed by atoms with Crippen molar-refractivity contribution in [2.75, 3.05) is 17.1 Å². The van der Waals surface area contributed by atoms with Crippen LogP contribution < -0.4 is 0 Å². The molecule has 0 bridgehead atoms. The molecule has 0 aliphatic carbocycles. The van der Waals surface area contributed by atoms with Crippen LogP contribution in [-0.2, 0) is 28.0 Å². The van der Waals surface area contributed by atoms with Crippen LogP contribution in [0, 0.1) is 11.8 Å². The first-order chi connectivity index (χ1) is 24.3. The predicted molar refractivity (Wildman–Crippen MR) is 234 cm³/mol. The first-order valence-electron chi connectivity index (χ1n) is 17.7. The Labute approximate surface area is 352 Å². The zero-order valence-electron chi connectivity index (χ0n) is 34.2. The number of unbranched alkanes of at least 4 members (excludes halogenated alkanes) is 2. The van der Waals surface area contributed by atoms with Crippen LogP contribution in [-0.4, -0.2) is 84.2 Å². The topological polar surface area (TPSA) is 119 Å². The summed E-state index contributed by atoms with van der Waals surface area (Å²) in [5.41, 5.74) is -5.34. The molecule has 0 aromatic heterocycles. The molecular weight excluding hydrogens is 885 g/mol. The van der Waals surface area contributed by atoms with Crippen LogP contribution in [0.5, 0.6) is 0 Å². The second kappa shape index (κ2) is 29.4. The van der Waals surface area contributed by atoms with Crippen molar-refractivity contribution in [3.63, 3.8) is 0 Å². The number of aliphatic hydroxyl groups is 1. The molecule has 0 fully saturated rings. The summed E-state index contributed by atoms with van der Waals surface area (Å²) < 4.78 is 71.4. The van der Waals surface area contributed by atoms with E-state index in [1.807, 2.05) is 6.08 Å². The molecule has 1 radical (unpaired) electrons. The molecule has 0 saturated heterocycles. The SMILES string of the molecule is C=C[C@@H](CCCCCl)[C@@H](O)CC(C)=O.C=C[C@@H](CCCCCl)[C@H](CC(=O)CBr)O[Si](C)(C)C(C)(C)C.CC(C)(C)[Si](C)(C)OS(=O)(=O)C(F)(F)F.[B]=NS. The third-order valence-corrected chi connectivity index (χ3v) is 21.5. The van der Waals surface area contributed by atoms with E-state index in [1.165, 1.54) is 20.0 Å². The van der Waals surface area contributed by atoms with Gasteiger partial charge in [0.1, 0.15) is 11.6 Å². The summed E-state index contributed by atoms with van der Waals surface area (Å²) in [5.74, 6) is 1.75. The molecule has 19 heteroatoms. The first kappa shape index (κ1) is 60.8. The molecule has 0 aromatic rings. The molecule has 0 heterocycles. The number of aliphatic hydroxyl groups excluding tert-OH is 1. The summed E-state index contributed by atoms with van der Waals surface area (Å²) in [6.45, 7) is 28.1. The standard InChI is InChI=1S/C17H32BrClO2Si.C11H19ClO2.C7H15F3O3SSi.BHNS/c1-7-14(10-8-9-11-19)16(12-15(20)13-18)21-22(5,6)17(2,3)4;1-3-10(6-4-5-7-12)11(14)8-9(2)13;1-6(2,3)15(4,5)13-14(11,12)7(8,9)10;1-2-3/h7,14,16H,1,8-13H2,2-6H3;3,10-11,14H,1,4-8H2,2H3;1-5H3;3H/t14-,16-;10-,11-;;/m00../s1. The summed E-state index contributed by atoms with van der Waals surface area (Å²) in [7, 11) is -6.01. The molecule has 54 heavy (non-hydrogen) atoms. The van der Waals surface area contributed by atoms with Crippen molar-refractivity contribution in [3.05, 3.63) is 25.3 Å². The van der Waals surface area contributed by atoms with Crippen molar-refractivity contribution in [2.24, 2.45) is 16.1 Å². The van der Waals surface area contributed by atoms with Crippen LogP contribution >= 0.6 is 51.9 Å². The Hall–Kier alpha value is 0.149. The number of carbonyl (C=O) groups excluding carboxylic acids is 2. The van der Waals surface area contributed by atoms with Crippen molar-refractivity contribution < 1.29 is 44.6 Å². The zero-order chi connectivity index (χ0) is 43.8. The molecule has 0 saturated carbocycles. The summed E-state index contributed by atoms with van der Waals surface area (Å²) in [6.07, 6.45) is 9.47. The number of carbonyl (C=O) groups is 2. The second-order valence-corrected chi connectivity index (χ2v) is 28.7. The molecule has 0 aliphatic heterocycles. The first-order valence-corrected chi connectivity index (χ1v) is 27.5. The molecule has 8 nitrogen and oxygen atoms in total. The Kier molecular flexibility index (Phi) is 33.1. The van der Waals surface area contributed by atoms with E-state index < -0.39 is 43.4 Å². The van der Waals surface area contributed by atoms with E-state index >= 15 is 0 Å². The molecule has 0 spiro atoms. The number of hydrogen-bond acceptors (Lipinski definition) is 9. The molecule has 0 amide bonds. The van der Waals surface area contributed by atoms with Gasteiger partial charge in [-0.15, -0.1) is 36.4 Å². The number of alkyl halides is 6. The fourth-order valence-corrected chi connectivity index (χ4v) is 9.43.